The molecule has 1 fully saturated rings. The van der Waals surface area contributed by atoms with Crippen LogP contribution in [-0.2, 0) is 38.8 Å². The van der Waals surface area contributed by atoms with Gasteiger partial charge in [-0.1, -0.05) is 79.9 Å². The molecule has 0 radical (unpaired) electrons. The topological polar surface area (TPSA) is 86.8 Å². The Morgan fingerprint density at radius 3 is 2.23 bits per heavy atom. The number of hydrogen-bond donors (Lipinski definition) is 1. The van der Waals surface area contributed by atoms with E-state index in [1.807, 2.05) is 61.5 Å². The van der Waals surface area contributed by atoms with E-state index in [4.69, 9.17) is 0 Å². The lowest BCUT2D eigenvalue weighted by atomic mass is 9.94. The predicted molar refractivity (Wildman–Crippen MR) is 164 cm³/mol. The minimum atomic E-state index is -4.71. The van der Waals surface area contributed by atoms with Gasteiger partial charge in [0.15, 0.2) is 0 Å². The molecule has 236 valence electrons. The Labute approximate surface area is 257 Å². The minimum Gasteiger partial charge on any atom is -0.352 e. The van der Waals surface area contributed by atoms with Crippen molar-refractivity contribution in [3.8, 4) is 0 Å². The third-order valence-corrected chi connectivity index (χ3v) is 9.11. The highest BCUT2D eigenvalue weighted by atomic mass is 32.2. The Kier molecular flexibility index (Phi) is 10.7. The molecule has 0 spiro atoms. The fraction of sp³-hybridized carbons (Fsp3) is 0.394. The van der Waals surface area contributed by atoms with Crippen LogP contribution in [0.3, 0.4) is 0 Å². The lowest BCUT2D eigenvalue weighted by Gasteiger charge is -2.35. The third kappa shape index (κ3) is 8.84. The van der Waals surface area contributed by atoms with Gasteiger partial charge in [0.05, 0.1) is 17.5 Å². The van der Waals surface area contributed by atoms with E-state index in [0.29, 0.717) is 10.4 Å². The molecule has 44 heavy (non-hydrogen) atoms. The van der Waals surface area contributed by atoms with Crippen LogP contribution in [-0.4, -0.2) is 50.0 Å². The Morgan fingerprint density at radius 2 is 1.59 bits per heavy atom. The van der Waals surface area contributed by atoms with Gasteiger partial charge in [0.1, 0.15) is 12.6 Å². The summed E-state index contributed by atoms with van der Waals surface area (Å²) >= 11 is 0. The maximum atomic E-state index is 14.2. The molecule has 4 rings (SSSR count). The van der Waals surface area contributed by atoms with Crippen LogP contribution in [0.25, 0.3) is 0 Å². The van der Waals surface area contributed by atoms with Crippen LogP contribution in [0.15, 0.2) is 78.9 Å². The molecule has 0 aliphatic heterocycles. The summed E-state index contributed by atoms with van der Waals surface area (Å²) in [5.74, 6) is -1.07. The van der Waals surface area contributed by atoms with E-state index in [1.165, 1.54) is 11.0 Å². The summed E-state index contributed by atoms with van der Waals surface area (Å²) in [5, 5.41) is 3.12. The van der Waals surface area contributed by atoms with Gasteiger partial charge in [0.2, 0.25) is 21.8 Å². The van der Waals surface area contributed by atoms with Gasteiger partial charge in [-0.3, -0.25) is 13.9 Å². The van der Waals surface area contributed by atoms with E-state index in [2.05, 4.69) is 5.32 Å². The smallest absolute Gasteiger partial charge is 0.352 e. The molecular formula is C33H38F3N3O4S. The molecule has 0 saturated heterocycles. The molecule has 7 nitrogen and oxygen atoms in total. The SMILES string of the molecule is Cc1ccccc1CN(C(=O)CN(c1cccc(C(F)(F)F)c1)S(C)(=O)=O)[C@H](Cc1ccccc1)C(=O)NC1CCCCC1. The second-order valence-corrected chi connectivity index (χ2v) is 13.2. The summed E-state index contributed by atoms with van der Waals surface area (Å²) in [5.41, 5.74) is 1.10. The molecule has 1 aliphatic rings. The molecular weight excluding hydrogens is 591 g/mol. The van der Waals surface area contributed by atoms with Crippen LogP contribution in [0.4, 0.5) is 18.9 Å². The third-order valence-electron chi connectivity index (χ3n) is 7.97. The summed E-state index contributed by atoms with van der Waals surface area (Å²) in [6.07, 6.45) is 1.01. The monoisotopic (exact) mass is 629 g/mol. The molecule has 3 aromatic rings. The van der Waals surface area contributed by atoms with Crippen LogP contribution in [0.1, 0.15) is 54.4 Å². The average Bonchev–Trinajstić information content (AvgIpc) is 2.98. The highest BCUT2D eigenvalue weighted by Crippen LogP contribution is 2.32. The number of halogens is 3. The van der Waals surface area contributed by atoms with Gasteiger partial charge in [-0.25, -0.2) is 8.42 Å². The minimum absolute atomic E-state index is 0.00128. The van der Waals surface area contributed by atoms with Crippen molar-refractivity contribution in [1.29, 1.82) is 0 Å². The summed E-state index contributed by atoms with van der Waals surface area (Å²) < 4.78 is 67.0. The molecule has 1 N–H and O–H groups in total. The molecule has 0 unspecified atom stereocenters. The number of aryl methyl sites for hydroxylation is 1. The number of hydrogen-bond acceptors (Lipinski definition) is 4. The van der Waals surface area contributed by atoms with Gasteiger partial charge in [-0.15, -0.1) is 0 Å². The van der Waals surface area contributed by atoms with E-state index >= 15 is 0 Å². The summed E-state index contributed by atoms with van der Waals surface area (Å²) in [6, 6.07) is 19.4. The van der Waals surface area contributed by atoms with E-state index in [9.17, 15) is 31.2 Å². The van der Waals surface area contributed by atoms with Crippen molar-refractivity contribution in [3.05, 3.63) is 101 Å². The van der Waals surface area contributed by atoms with Gasteiger partial charge in [-0.2, -0.15) is 13.2 Å². The van der Waals surface area contributed by atoms with E-state index in [1.54, 1.807) is 0 Å². The van der Waals surface area contributed by atoms with Crippen molar-refractivity contribution in [3.63, 3.8) is 0 Å². The predicted octanol–water partition coefficient (Wildman–Crippen LogP) is 5.87. The van der Waals surface area contributed by atoms with E-state index < -0.39 is 40.3 Å². The number of carbonyl (C=O) groups excluding carboxylic acids is 2. The number of rotatable bonds is 11. The molecule has 0 heterocycles. The van der Waals surface area contributed by atoms with E-state index in [-0.39, 0.29) is 30.6 Å². The molecule has 1 aliphatic carbocycles. The largest absolute Gasteiger partial charge is 0.416 e. The zero-order valence-corrected chi connectivity index (χ0v) is 25.7. The number of amides is 2. The first-order valence-electron chi connectivity index (χ1n) is 14.7. The van der Waals surface area contributed by atoms with Gasteiger partial charge in [-0.05, 0) is 54.7 Å². The number of anilines is 1. The zero-order valence-electron chi connectivity index (χ0n) is 24.9. The van der Waals surface area contributed by atoms with Crippen molar-refractivity contribution in [1.82, 2.24) is 10.2 Å². The highest BCUT2D eigenvalue weighted by molar-refractivity contribution is 7.92. The summed E-state index contributed by atoms with van der Waals surface area (Å²) in [6.45, 7) is 1.09. The molecule has 1 saturated carbocycles. The lowest BCUT2D eigenvalue weighted by molar-refractivity contribution is -0.140. The van der Waals surface area contributed by atoms with Gasteiger partial charge in [0.25, 0.3) is 0 Å². The lowest BCUT2D eigenvalue weighted by Crippen LogP contribution is -2.55. The van der Waals surface area contributed by atoms with Crippen LogP contribution in [0.2, 0.25) is 0 Å². The number of nitrogens with zero attached hydrogens (tertiary/aromatic N) is 2. The molecule has 2 amide bonds. The first-order valence-corrected chi connectivity index (χ1v) is 16.5. The summed E-state index contributed by atoms with van der Waals surface area (Å²) in [7, 11) is -4.20. The number of alkyl halides is 3. The molecule has 3 aromatic carbocycles. The number of carbonyl (C=O) groups is 2. The van der Waals surface area contributed by atoms with E-state index in [0.717, 1.165) is 67.2 Å². The first kappa shape index (κ1) is 33.0. The Balaban J connectivity index is 1.75. The second-order valence-electron chi connectivity index (χ2n) is 11.3. The van der Waals surface area contributed by atoms with Crippen LogP contribution < -0.4 is 9.62 Å². The van der Waals surface area contributed by atoms with Crippen LogP contribution in [0, 0.1) is 6.92 Å². The molecule has 0 bridgehead atoms. The number of benzene rings is 3. The quantitative estimate of drug-likeness (QED) is 0.288. The molecule has 1 atom stereocenters. The standard InChI is InChI=1S/C33H38F3N3O4S/c1-24-12-9-10-15-26(24)22-38(30(20-25-13-5-3-6-14-25)32(41)37-28-17-7-4-8-18-28)31(40)23-39(44(2,42)43)29-19-11-16-27(21-29)33(34,35)36/h3,5-6,9-16,19,21,28,30H,4,7-8,17-18,20,22-23H2,1-2H3,(H,37,41)/t30-/m1/s1. The van der Waals surface area contributed by atoms with Gasteiger partial charge < -0.3 is 10.2 Å². The highest BCUT2D eigenvalue weighted by Gasteiger charge is 2.35. The van der Waals surface area contributed by atoms with Crippen molar-refractivity contribution < 1.29 is 31.2 Å². The Hall–Kier alpha value is -3.86. The van der Waals surface area contributed by atoms with Crippen molar-refractivity contribution in [2.24, 2.45) is 0 Å². The number of nitrogens with one attached hydrogen (secondary N) is 1. The maximum absolute atomic E-state index is 14.2. The Morgan fingerprint density at radius 1 is 0.932 bits per heavy atom. The molecule has 0 aromatic heterocycles. The van der Waals surface area contributed by atoms with Gasteiger partial charge >= 0.3 is 6.18 Å². The fourth-order valence-electron chi connectivity index (χ4n) is 5.52. The fourth-order valence-corrected chi connectivity index (χ4v) is 6.36. The van der Waals surface area contributed by atoms with Crippen LogP contribution >= 0.6 is 0 Å². The van der Waals surface area contributed by atoms with Crippen molar-refractivity contribution in [2.45, 2.75) is 70.3 Å². The first-order chi connectivity index (χ1) is 20.8. The van der Waals surface area contributed by atoms with Gasteiger partial charge in [0, 0.05) is 19.0 Å². The molecule has 11 heteroatoms. The average molecular weight is 630 g/mol. The number of sulfonamides is 1. The maximum Gasteiger partial charge on any atom is 0.416 e. The summed E-state index contributed by atoms with van der Waals surface area (Å²) in [4.78, 5) is 29.6. The van der Waals surface area contributed by atoms with Crippen molar-refractivity contribution >= 4 is 27.5 Å². The van der Waals surface area contributed by atoms with Crippen molar-refractivity contribution in [2.75, 3.05) is 17.1 Å². The Bertz CT molecular complexity index is 1540. The second kappa shape index (κ2) is 14.3. The normalized spacial score (nSPS) is 14.9. The van der Waals surface area contributed by atoms with Crippen LogP contribution in [0.5, 0.6) is 0 Å². The zero-order chi connectivity index (χ0) is 31.9.